The van der Waals surface area contributed by atoms with Crippen molar-refractivity contribution in [1.29, 1.82) is 0 Å². The van der Waals surface area contributed by atoms with Crippen molar-refractivity contribution in [2.75, 3.05) is 18.1 Å². The first kappa shape index (κ1) is 12.1. The van der Waals surface area contributed by atoms with Crippen LogP contribution < -0.4 is 9.64 Å². The number of aliphatic hydroxyl groups is 1. The third-order valence-electron chi connectivity index (χ3n) is 3.34. The van der Waals surface area contributed by atoms with Gasteiger partial charge in [0.15, 0.2) is 0 Å². The summed E-state index contributed by atoms with van der Waals surface area (Å²) in [5, 5.41) is 9.35. The number of fused-ring (bicyclic) bond motifs is 1. The lowest BCUT2D eigenvalue weighted by Gasteiger charge is -2.35. The van der Waals surface area contributed by atoms with Gasteiger partial charge in [0.1, 0.15) is 11.9 Å². The summed E-state index contributed by atoms with van der Waals surface area (Å²) in [6.45, 7) is 1.58. The standard InChI is InChI=1S/C16H17NO2/c18-12-14-11-17(10-13-6-2-1-3-7-13)15-8-4-5-9-16(15)19-14/h1-9,14,18H,10-12H2/t14-/m0/s1. The fourth-order valence-electron chi connectivity index (χ4n) is 2.43. The van der Waals surface area contributed by atoms with E-state index in [4.69, 9.17) is 4.74 Å². The van der Waals surface area contributed by atoms with Crippen LogP contribution in [0, 0.1) is 0 Å². The highest BCUT2D eigenvalue weighted by atomic mass is 16.5. The molecule has 3 heteroatoms. The summed E-state index contributed by atoms with van der Waals surface area (Å²) in [4.78, 5) is 2.26. The molecule has 1 heterocycles. The maximum Gasteiger partial charge on any atom is 0.143 e. The number of nitrogens with zero attached hydrogens (tertiary/aromatic N) is 1. The second kappa shape index (κ2) is 5.33. The Balaban J connectivity index is 1.88. The topological polar surface area (TPSA) is 32.7 Å². The van der Waals surface area contributed by atoms with E-state index in [0.717, 1.165) is 18.0 Å². The van der Waals surface area contributed by atoms with Crippen molar-refractivity contribution in [3.8, 4) is 5.75 Å². The highest BCUT2D eigenvalue weighted by molar-refractivity contribution is 5.60. The highest BCUT2D eigenvalue weighted by Crippen LogP contribution is 2.33. The fourth-order valence-corrected chi connectivity index (χ4v) is 2.43. The number of hydrogen-bond acceptors (Lipinski definition) is 3. The van der Waals surface area contributed by atoms with E-state index in [1.54, 1.807) is 0 Å². The Kier molecular flexibility index (Phi) is 3.38. The normalized spacial score (nSPS) is 17.7. The summed E-state index contributed by atoms with van der Waals surface area (Å²) in [6.07, 6.45) is -0.154. The molecule has 0 fully saturated rings. The maximum atomic E-state index is 9.35. The molecule has 0 aliphatic carbocycles. The number of benzene rings is 2. The van der Waals surface area contributed by atoms with E-state index >= 15 is 0 Å². The minimum absolute atomic E-state index is 0.0413. The molecule has 1 N–H and O–H groups in total. The van der Waals surface area contributed by atoms with Gasteiger partial charge in [-0.2, -0.15) is 0 Å². The predicted octanol–water partition coefficient (Wildman–Crippen LogP) is 2.45. The minimum Gasteiger partial charge on any atom is -0.484 e. The summed E-state index contributed by atoms with van der Waals surface area (Å²) in [7, 11) is 0. The SMILES string of the molecule is OC[C@@H]1CN(Cc2ccccc2)c2ccccc2O1. The first-order chi connectivity index (χ1) is 9.36. The van der Waals surface area contributed by atoms with E-state index in [1.807, 2.05) is 36.4 Å². The van der Waals surface area contributed by atoms with Gasteiger partial charge in [0.2, 0.25) is 0 Å². The van der Waals surface area contributed by atoms with Crippen molar-refractivity contribution in [1.82, 2.24) is 0 Å². The molecule has 2 aromatic rings. The molecule has 0 spiro atoms. The Bertz CT molecular complexity index is 541. The van der Waals surface area contributed by atoms with Gasteiger partial charge in [-0.3, -0.25) is 0 Å². The zero-order valence-electron chi connectivity index (χ0n) is 10.7. The van der Waals surface area contributed by atoms with Crippen molar-refractivity contribution in [2.45, 2.75) is 12.6 Å². The number of hydrogen-bond donors (Lipinski definition) is 1. The monoisotopic (exact) mass is 255 g/mol. The lowest BCUT2D eigenvalue weighted by Crippen LogP contribution is -2.41. The molecule has 1 aliphatic heterocycles. The molecule has 0 bridgehead atoms. The van der Waals surface area contributed by atoms with Crippen LogP contribution in [0.2, 0.25) is 0 Å². The molecular formula is C16H17NO2. The molecule has 19 heavy (non-hydrogen) atoms. The summed E-state index contributed by atoms with van der Waals surface area (Å²) in [6, 6.07) is 18.3. The zero-order chi connectivity index (χ0) is 13.1. The van der Waals surface area contributed by atoms with E-state index in [1.165, 1.54) is 5.56 Å². The molecule has 1 aliphatic rings. The van der Waals surface area contributed by atoms with Crippen molar-refractivity contribution < 1.29 is 9.84 Å². The highest BCUT2D eigenvalue weighted by Gasteiger charge is 2.24. The maximum absolute atomic E-state index is 9.35. The molecule has 3 nitrogen and oxygen atoms in total. The Labute approximate surface area is 113 Å². The van der Waals surface area contributed by atoms with Crippen molar-refractivity contribution in [3.63, 3.8) is 0 Å². The largest absolute Gasteiger partial charge is 0.484 e. The molecule has 0 unspecified atom stereocenters. The zero-order valence-corrected chi connectivity index (χ0v) is 10.7. The molecule has 98 valence electrons. The van der Waals surface area contributed by atoms with Gasteiger partial charge in [-0.25, -0.2) is 0 Å². The van der Waals surface area contributed by atoms with Crippen molar-refractivity contribution >= 4 is 5.69 Å². The molecule has 0 saturated heterocycles. The van der Waals surface area contributed by atoms with Gasteiger partial charge < -0.3 is 14.7 Å². The molecule has 1 atom stereocenters. The van der Waals surface area contributed by atoms with E-state index in [0.29, 0.717) is 6.54 Å². The van der Waals surface area contributed by atoms with Gasteiger partial charge in [0.25, 0.3) is 0 Å². The number of aliphatic hydroxyl groups excluding tert-OH is 1. The van der Waals surface area contributed by atoms with Crippen LogP contribution in [-0.2, 0) is 6.54 Å². The molecule has 0 radical (unpaired) electrons. The lowest BCUT2D eigenvalue weighted by molar-refractivity contribution is 0.112. The summed E-state index contributed by atoms with van der Waals surface area (Å²) < 4.78 is 5.76. The van der Waals surface area contributed by atoms with E-state index < -0.39 is 0 Å². The van der Waals surface area contributed by atoms with Crippen LogP contribution >= 0.6 is 0 Å². The number of anilines is 1. The van der Waals surface area contributed by atoms with Gasteiger partial charge in [-0.1, -0.05) is 42.5 Å². The summed E-state index contributed by atoms with van der Waals surface area (Å²) in [5.74, 6) is 0.851. The molecule has 3 rings (SSSR count). The number of para-hydroxylation sites is 2. The summed E-state index contributed by atoms with van der Waals surface area (Å²) >= 11 is 0. The number of ether oxygens (including phenoxy) is 1. The minimum atomic E-state index is -0.154. The van der Waals surface area contributed by atoms with Crippen LogP contribution in [0.25, 0.3) is 0 Å². The van der Waals surface area contributed by atoms with Gasteiger partial charge in [-0.05, 0) is 17.7 Å². The Morgan fingerprint density at radius 1 is 1.05 bits per heavy atom. The Morgan fingerprint density at radius 3 is 2.58 bits per heavy atom. The Morgan fingerprint density at radius 2 is 1.79 bits per heavy atom. The van der Waals surface area contributed by atoms with Crippen molar-refractivity contribution in [3.05, 3.63) is 60.2 Å². The third-order valence-corrected chi connectivity index (χ3v) is 3.34. The van der Waals surface area contributed by atoms with E-state index in [9.17, 15) is 5.11 Å². The first-order valence-electron chi connectivity index (χ1n) is 6.52. The van der Waals surface area contributed by atoms with Crippen LogP contribution in [0.4, 0.5) is 5.69 Å². The fraction of sp³-hybridized carbons (Fsp3) is 0.250. The average molecular weight is 255 g/mol. The third kappa shape index (κ3) is 2.56. The molecule has 0 saturated carbocycles. The van der Waals surface area contributed by atoms with Gasteiger partial charge in [0, 0.05) is 6.54 Å². The van der Waals surface area contributed by atoms with Crippen LogP contribution in [0.15, 0.2) is 54.6 Å². The second-order valence-electron chi connectivity index (χ2n) is 4.76. The Hall–Kier alpha value is -2.00. The average Bonchev–Trinajstić information content (AvgIpc) is 2.48. The quantitative estimate of drug-likeness (QED) is 0.914. The van der Waals surface area contributed by atoms with Crippen LogP contribution in [0.3, 0.4) is 0 Å². The molecular weight excluding hydrogens is 238 g/mol. The van der Waals surface area contributed by atoms with Crippen LogP contribution in [0.5, 0.6) is 5.75 Å². The van der Waals surface area contributed by atoms with Crippen LogP contribution in [0.1, 0.15) is 5.56 Å². The molecule has 0 aromatic heterocycles. The number of rotatable bonds is 3. The van der Waals surface area contributed by atoms with Gasteiger partial charge in [0.05, 0.1) is 18.8 Å². The molecule has 0 amide bonds. The molecule has 2 aromatic carbocycles. The van der Waals surface area contributed by atoms with Crippen molar-refractivity contribution in [2.24, 2.45) is 0 Å². The smallest absolute Gasteiger partial charge is 0.143 e. The summed E-state index contributed by atoms with van der Waals surface area (Å²) in [5.41, 5.74) is 2.35. The second-order valence-corrected chi connectivity index (χ2v) is 4.76. The van der Waals surface area contributed by atoms with E-state index in [-0.39, 0.29) is 12.7 Å². The van der Waals surface area contributed by atoms with Gasteiger partial charge >= 0.3 is 0 Å². The van der Waals surface area contributed by atoms with E-state index in [2.05, 4.69) is 23.1 Å². The first-order valence-corrected chi connectivity index (χ1v) is 6.52. The lowest BCUT2D eigenvalue weighted by atomic mass is 10.1. The van der Waals surface area contributed by atoms with Gasteiger partial charge in [-0.15, -0.1) is 0 Å². The van der Waals surface area contributed by atoms with Crippen LogP contribution in [-0.4, -0.2) is 24.4 Å². The predicted molar refractivity (Wildman–Crippen MR) is 75.4 cm³/mol.